The van der Waals surface area contributed by atoms with Gasteiger partial charge in [0.15, 0.2) is 5.16 Å². The fourth-order valence-corrected chi connectivity index (χ4v) is 2.36. The highest BCUT2D eigenvalue weighted by Gasteiger charge is 2.17. The first kappa shape index (κ1) is 12.4. The fraction of sp³-hybridized carbons (Fsp3) is 0.636. The predicted octanol–water partition coefficient (Wildman–Crippen LogP) is 0.923. The monoisotopic (exact) mass is 253 g/mol. The van der Waals surface area contributed by atoms with Gasteiger partial charge in [0, 0.05) is 32.2 Å². The molecule has 1 aromatic rings. The summed E-state index contributed by atoms with van der Waals surface area (Å²) in [5, 5.41) is 0.748. The molecule has 2 heterocycles. The molecule has 0 unspecified atom stereocenters. The molecular formula is C11H19N5S. The number of likely N-dealkylation sites (N-methyl/N-ethyl adjacent to an activating group) is 1. The predicted molar refractivity (Wildman–Crippen MR) is 72.6 cm³/mol. The number of nitrogen functional groups attached to an aromatic ring is 1. The summed E-state index contributed by atoms with van der Waals surface area (Å²) < 4.78 is 0. The molecule has 1 saturated heterocycles. The largest absolute Gasteiger partial charge is 0.383 e. The van der Waals surface area contributed by atoms with Crippen molar-refractivity contribution in [3.05, 3.63) is 6.07 Å². The Labute approximate surface area is 106 Å². The van der Waals surface area contributed by atoms with Crippen LogP contribution in [0.4, 0.5) is 11.6 Å². The van der Waals surface area contributed by atoms with Crippen LogP contribution in [0, 0.1) is 0 Å². The highest BCUT2D eigenvalue weighted by Crippen LogP contribution is 2.19. The Morgan fingerprint density at radius 3 is 2.59 bits per heavy atom. The minimum Gasteiger partial charge on any atom is -0.383 e. The van der Waals surface area contributed by atoms with Gasteiger partial charge in [-0.2, -0.15) is 0 Å². The summed E-state index contributed by atoms with van der Waals surface area (Å²) in [6, 6.07) is 1.86. The maximum absolute atomic E-state index is 5.79. The second-order valence-electron chi connectivity index (χ2n) is 4.06. The first-order chi connectivity index (χ1) is 8.22. The van der Waals surface area contributed by atoms with Gasteiger partial charge in [0.1, 0.15) is 11.6 Å². The number of nitrogens with zero attached hydrogens (tertiary/aromatic N) is 4. The second-order valence-corrected chi connectivity index (χ2v) is 4.83. The van der Waals surface area contributed by atoms with E-state index in [2.05, 4.69) is 26.7 Å². The molecule has 1 aliphatic heterocycles. The number of nitrogens with two attached hydrogens (primary N) is 1. The Morgan fingerprint density at radius 2 is 2.00 bits per heavy atom. The van der Waals surface area contributed by atoms with Crippen molar-refractivity contribution in [1.82, 2.24) is 14.9 Å². The molecule has 0 atom stereocenters. The Bertz CT molecular complexity index is 376. The van der Waals surface area contributed by atoms with E-state index in [0.29, 0.717) is 5.82 Å². The van der Waals surface area contributed by atoms with Gasteiger partial charge >= 0.3 is 0 Å². The Kier molecular flexibility index (Phi) is 4.06. The van der Waals surface area contributed by atoms with E-state index in [0.717, 1.165) is 43.7 Å². The number of rotatable bonds is 3. The van der Waals surface area contributed by atoms with E-state index in [1.54, 1.807) is 0 Å². The molecule has 0 bridgehead atoms. The summed E-state index contributed by atoms with van der Waals surface area (Å²) in [5.41, 5.74) is 5.79. The topological polar surface area (TPSA) is 58.3 Å². The molecule has 0 amide bonds. The van der Waals surface area contributed by atoms with Crippen LogP contribution >= 0.6 is 11.8 Å². The second kappa shape index (κ2) is 5.55. The van der Waals surface area contributed by atoms with Crippen LogP contribution in [0.2, 0.25) is 0 Å². The third-order valence-electron chi connectivity index (χ3n) is 3.04. The van der Waals surface area contributed by atoms with Crippen molar-refractivity contribution >= 4 is 23.4 Å². The van der Waals surface area contributed by atoms with Gasteiger partial charge in [0.25, 0.3) is 0 Å². The van der Waals surface area contributed by atoms with Crippen molar-refractivity contribution < 1.29 is 0 Å². The van der Waals surface area contributed by atoms with Gasteiger partial charge < -0.3 is 15.5 Å². The van der Waals surface area contributed by atoms with Crippen LogP contribution in [-0.4, -0.2) is 53.8 Å². The fourth-order valence-electron chi connectivity index (χ4n) is 1.98. The number of thioether (sulfide) groups is 1. The highest BCUT2D eigenvalue weighted by atomic mass is 32.2. The molecule has 6 heteroatoms. The minimum atomic E-state index is 0.553. The zero-order chi connectivity index (χ0) is 12.3. The van der Waals surface area contributed by atoms with Crippen LogP contribution in [0.5, 0.6) is 0 Å². The van der Waals surface area contributed by atoms with E-state index in [9.17, 15) is 0 Å². The summed E-state index contributed by atoms with van der Waals surface area (Å²) in [4.78, 5) is 13.4. The maximum Gasteiger partial charge on any atom is 0.191 e. The molecule has 0 aliphatic carbocycles. The molecular weight excluding hydrogens is 234 g/mol. The van der Waals surface area contributed by atoms with E-state index < -0.39 is 0 Å². The van der Waals surface area contributed by atoms with Gasteiger partial charge in [0.2, 0.25) is 0 Å². The first-order valence-corrected chi connectivity index (χ1v) is 7.11. The van der Waals surface area contributed by atoms with Crippen molar-refractivity contribution in [2.24, 2.45) is 0 Å². The average Bonchev–Trinajstić information content (AvgIpc) is 2.38. The van der Waals surface area contributed by atoms with E-state index in [1.165, 1.54) is 11.8 Å². The molecule has 1 aromatic heterocycles. The Morgan fingerprint density at radius 1 is 1.29 bits per heavy atom. The van der Waals surface area contributed by atoms with Gasteiger partial charge in [-0.25, -0.2) is 9.97 Å². The lowest BCUT2D eigenvalue weighted by Gasteiger charge is -2.34. The van der Waals surface area contributed by atoms with E-state index >= 15 is 0 Å². The van der Waals surface area contributed by atoms with Crippen molar-refractivity contribution in [3.63, 3.8) is 0 Å². The third-order valence-corrected chi connectivity index (χ3v) is 3.59. The normalized spacial score (nSPS) is 17.4. The minimum absolute atomic E-state index is 0.553. The maximum atomic E-state index is 5.79. The summed E-state index contributed by atoms with van der Waals surface area (Å²) in [6.45, 7) is 7.53. The molecule has 0 aromatic carbocycles. The number of aromatic nitrogens is 2. The number of hydrogen-bond donors (Lipinski definition) is 1. The zero-order valence-corrected chi connectivity index (χ0v) is 11.2. The highest BCUT2D eigenvalue weighted by molar-refractivity contribution is 7.98. The Hall–Kier alpha value is -1.01. The van der Waals surface area contributed by atoms with Gasteiger partial charge in [0.05, 0.1) is 0 Å². The lowest BCUT2D eigenvalue weighted by Crippen LogP contribution is -2.46. The smallest absolute Gasteiger partial charge is 0.191 e. The molecule has 5 nitrogen and oxygen atoms in total. The number of anilines is 2. The first-order valence-electron chi connectivity index (χ1n) is 5.88. The molecule has 1 fully saturated rings. The van der Waals surface area contributed by atoms with Crippen molar-refractivity contribution in [3.8, 4) is 0 Å². The van der Waals surface area contributed by atoms with Crippen LogP contribution in [0.15, 0.2) is 11.2 Å². The van der Waals surface area contributed by atoms with Crippen LogP contribution in [0.3, 0.4) is 0 Å². The van der Waals surface area contributed by atoms with Crippen LogP contribution in [-0.2, 0) is 0 Å². The van der Waals surface area contributed by atoms with E-state index in [-0.39, 0.29) is 0 Å². The molecule has 0 spiro atoms. The lowest BCUT2D eigenvalue weighted by atomic mass is 10.3. The summed E-state index contributed by atoms with van der Waals surface area (Å²) in [6.07, 6.45) is 1.97. The molecule has 2 N–H and O–H groups in total. The zero-order valence-electron chi connectivity index (χ0n) is 10.4. The standard InChI is InChI=1S/C11H19N5S/c1-3-15-4-6-16(7-5-15)10-8-9(12)13-11(14-10)17-2/h8H,3-7H2,1-2H3,(H2,12,13,14). The van der Waals surface area contributed by atoms with Gasteiger partial charge in [-0.15, -0.1) is 0 Å². The summed E-state index contributed by atoms with van der Waals surface area (Å²) in [5.74, 6) is 1.51. The summed E-state index contributed by atoms with van der Waals surface area (Å²) >= 11 is 1.53. The number of piperazine rings is 1. The third kappa shape index (κ3) is 3.01. The average molecular weight is 253 g/mol. The van der Waals surface area contributed by atoms with Crippen LogP contribution in [0.25, 0.3) is 0 Å². The molecule has 0 radical (unpaired) electrons. The van der Waals surface area contributed by atoms with E-state index in [4.69, 9.17) is 5.73 Å². The van der Waals surface area contributed by atoms with E-state index in [1.807, 2.05) is 12.3 Å². The number of hydrogen-bond acceptors (Lipinski definition) is 6. The van der Waals surface area contributed by atoms with Crippen LogP contribution < -0.4 is 10.6 Å². The van der Waals surface area contributed by atoms with Gasteiger partial charge in [-0.1, -0.05) is 18.7 Å². The molecule has 1 aliphatic rings. The Balaban J connectivity index is 2.10. The van der Waals surface area contributed by atoms with Crippen molar-refractivity contribution in [1.29, 1.82) is 0 Å². The lowest BCUT2D eigenvalue weighted by molar-refractivity contribution is 0.270. The molecule has 17 heavy (non-hydrogen) atoms. The summed E-state index contributed by atoms with van der Waals surface area (Å²) in [7, 11) is 0. The van der Waals surface area contributed by atoms with Gasteiger partial charge in [-0.05, 0) is 12.8 Å². The molecule has 2 rings (SSSR count). The molecule has 94 valence electrons. The van der Waals surface area contributed by atoms with Crippen molar-refractivity contribution in [2.45, 2.75) is 12.1 Å². The van der Waals surface area contributed by atoms with Crippen molar-refractivity contribution in [2.75, 3.05) is 49.6 Å². The van der Waals surface area contributed by atoms with Crippen LogP contribution in [0.1, 0.15) is 6.92 Å². The quantitative estimate of drug-likeness (QED) is 0.638. The van der Waals surface area contributed by atoms with Gasteiger partial charge in [-0.3, -0.25) is 0 Å². The SMILES string of the molecule is CCN1CCN(c2cc(N)nc(SC)n2)CC1. The molecule has 0 saturated carbocycles.